The Morgan fingerprint density at radius 2 is 1.83 bits per heavy atom. The van der Waals surface area contributed by atoms with Crippen LogP contribution in [0.5, 0.6) is 0 Å². The van der Waals surface area contributed by atoms with Crippen LogP contribution in [0.15, 0.2) is 42.5 Å². The van der Waals surface area contributed by atoms with E-state index in [0.29, 0.717) is 17.8 Å². The van der Waals surface area contributed by atoms with Gasteiger partial charge in [0, 0.05) is 5.69 Å². The van der Waals surface area contributed by atoms with Crippen LogP contribution in [0.25, 0.3) is 5.69 Å². The quantitative estimate of drug-likeness (QED) is 0.634. The second kappa shape index (κ2) is 9.01. The van der Waals surface area contributed by atoms with Crippen LogP contribution in [0.1, 0.15) is 32.9 Å². The Hall–Kier alpha value is -3.99. The molecule has 1 amide bonds. The summed E-state index contributed by atoms with van der Waals surface area (Å²) in [6.07, 6.45) is 0.300. The van der Waals surface area contributed by atoms with Gasteiger partial charge in [-0.15, -0.1) is 5.10 Å². The number of carbonyl (C=O) groups excluding carboxylic acids is 2. The SMILES string of the molecule is Cc1ccc(-n2nc(C)c(C(=O)OCC(=O)Nc3ccc(CC#N)cc3)n2)c(C)c1. The Bertz CT molecular complexity index is 1130. The highest BCUT2D eigenvalue weighted by Gasteiger charge is 2.19. The van der Waals surface area contributed by atoms with Crippen LogP contribution in [-0.2, 0) is 16.0 Å². The molecule has 0 bridgehead atoms. The summed E-state index contributed by atoms with van der Waals surface area (Å²) in [5, 5.41) is 19.8. The standard InChI is InChI=1S/C22H21N5O3/c1-14-4-9-19(15(2)12-14)27-25-16(3)21(26-27)22(29)30-13-20(28)24-18-7-5-17(6-8-18)10-11-23/h4-9,12H,10,13H2,1-3H3,(H,24,28). The van der Waals surface area contributed by atoms with Gasteiger partial charge in [-0.1, -0.05) is 29.8 Å². The van der Waals surface area contributed by atoms with Crippen LogP contribution in [-0.4, -0.2) is 33.5 Å². The van der Waals surface area contributed by atoms with Crippen LogP contribution in [0.2, 0.25) is 0 Å². The highest BCUT2D eigenvalue weighted by Crippen LogP contribution is 2.16. The Morgan fingerprint density at radius 3 is 2.50 bits per heavy atom. The number of hydrogen-bond donors (Lipinski definition) is 1. The average Bonchev–Trinajstić information content (AvgIpc) is 3.09. The summed E-state index contributed by atoms with van der Waals surface area (Å²) >= 11 is 0. The molecule has 8 heteroatoms. The second-order valence-corrected chi connectivity index (χ2v) is 6.87. The lowest BCUT2D eigenvalue weighted by molar-refractivity contribution is -0.119. The summed E-state index contributed by atoms with van der Waals surface area (Å²) in [4.78, 5) is 25.8. The van der Waals surface area contributed by atoms with E-state index in [2.05, 4.69) is 21.6 Å². The fourth-order valence-corrected chi connectivity index (χ4v) is 2.90. The van der Waals surface area contributed by atoms with Crippen LogP contribution in [0, 0.1) is 32.1 Å². The van der Waals surface area contributed by atoms with Crippen molar-refractivity contribution in [3.05, 3.63) is 70.5 Å². The molecule has 0 aliphatic carbocycles. The molecule has 1 heterocycles. The molecule has 0 atom stereocenters. The molecule has 30 heavy (non-hydrogen) atoms. The van der Waals surface area contributed by atoms with E-state index in [1.54, 1.807) is 31.2 Å². The van der Waals surface area contributed by atoms with Gasteiger partial charge in [0.1, 0.15) is 0 Å². The lowest BCUT2D eigenvalue weighted by Crippen LogP contribution is -2.21. The van der Waals surface area contributed by atoms with E-state index in [-0.39, 0.29) is 5.69 Å². The molecule has 0 spiro atoms. The van der Waals surface area contributed by atoms with Gasteiger partial charge in [0.2, 0.25) is 0 Å². The minimum Gasteiger partial charge on any atom is -0.451 e. The maximum absolute atomic E-state index is 12.4. The number of hydrogen-bond acceptors (Lipinski definition) is 6. The first kappa shape index (κ1) is 20.7. The molecule has 0 aliphatic heterocycles. The van der Waals surface area contributed by atoms with Crippen LogP contribution in [0.4, 0.5) is 5.69 Å². The molecule has 2 aromatic carbocycles. The minimum atomic E-state index is -0.719. The van der Waals surface area contributed by atoms with E-state index < -0.39 is 18.5 Å². The Labute approximate surface area is 174 Å². The van der Waals surface area contributed by atoms with Gasteiger partial charge >= 0.3 is 5.97 Å². The van der Waals surface area contributed by atoms with Gasteiger partial charge in [-0.2, -0.15) is 15.2 Å². The Morgan fingerprint density at radius 1 is 1.10 bits per heavy atom. The zero-order valence-corrected chi connectivity index (χ0v) is 17.0. The van der Waals surface area contributed by atoms with Gasteiger partial charge in [-0.05, 0) is 50.1 Å². The van der Waals surface area contributed by atoms with Gasteiger partial charge in [0.15, 0.2) is 12.3 Å². The topological polar surface area (TPSA) is 110 Å². The fourth-order valence-electron chi connectivity index (χ4n) is 2.90. The molecule has 3 aromatic rings. The molecule has 0 aliphatic rings. The van der Waals surface area contributed by atoms with Crippen molar-refractivity contribution in [1.29, 1.82) is 5.26 Å². The third kappa shape index (κ3) is 4.89. The largest absolute Gasteiger partial charge is 0.451 e. The molecule has 0 saturated carbocycles. The third-order valence-corrected chi connectivity index (χ3v) is 4.40. The van der Waals surface area contributed by atoms with E-state index in [9.17, 15) is 9.59 Å². The van der Waals surface area contributed by atoms with Crippen molar-refractivity contribution in [2.24, 2.45) is 0 Å². The highest BCUT2D eigenvalue weighted by atomic mass is 16.5. The van der Waals surface area contributed by atoms with Gasteiger partial charge < -0.3 is 10.1 Å². The number of aromatic nitrogens is 3. The molecule has 0 saturated heterocycles. The third-order valence-electron chi connectivity index (χ3n) is 4.40. The van der Waals surface area contributed by atoms with Crippen molar-refractivity contribution in [3.8, 4) is 11.8 Å². The molecular formula is C22H21N5O3. The molecular weight excluding hydrogens is 382 g/mol. The normalized spacial score (nSPS) is 10.3. The summed E-state index contributed by atoms with van der Waals surface area (Å²) in [7, 11) is 0. The van der Waals surface area contributed by atoms with Crippen molar-refractivity contribution in [2.45, 2.75) is 27.2 Å². The van der Waals surface area contributed by atoms with Crippen LogP contribution in [0.3, 0.4) is 0 Å². The number of anilines is 1. The number of nitriles is 1. The number of amides is 1. The maximum Gasteiger partial charge on any atom is 0.361 e. The van der Waals surface area contributed by atoms with E-state index >= 15 is 0 Å². The number of rotatable bonds is 6. The molecule has 3 rings (SSSR count). The van der Waals surface area contributed by atoms with E-state index in [4.69, 9.17) is 10.00 Å². The number of nitrogens with one attached hydrogen (secondary N) is 1. The zero-order valence-electron chi connectivity index (χ0n) is 17.0. The summed E-state index contributed by atoms with van der Waals surface area (Å²) in [6.45, 7) is 5.14. The predicted octanol–water partition coefficient (Wildman–Crippen LogP) is 3.05. The first-order chi connectivity index (χ1) is 14.4. The van der Waals surface area contributed by atoms with Crippen molar-refractivity contribution in [1.82, 2.24) is 15.0 Å². The van der Waals surface area contributed by atoms with Gasteiger partial charge in [0.25, 0.3) is 5.91 Å². The predicted molar refractivity (Wildman–Crippen MR) is 110 cm³/mol. The van der Waals surface area contributed by atoms with Crippen LogP contribution < -0.4 is 5.32 Å². The number of ether oxygens (including phenoxy) is 1. The molecule has 0 radical (unpaired) electrons. The van der Waals surface area contributed by atoms with E-state index in [0.717, 1.165) is 22.4 Å². The molecule has 0 unspecified atom stereocenters. The Balaban J connectivity index is 1.61. The van der Waals surface area contributed by atoms with Gasteiger partial charge in [-0.3, -0.25) is 4.79 Å². The second-order valence-electron chi connectivity index (χ2n) is 6.87. The van der Waals surface area contributed by atoms with Gasteiger partial charge in [-0.25, -0.2) is 4.79 Å². The Kier molecular flexibility index (Phi) is 6.23. The summed E-state index contributed by atoms with van der Waals surface area (Å²) in [5.41, 5.74) is 4.73. The number of aryl methyl sites for hydroxylation is 3. The minimum absolute atomic E-state index is 0.0589. The monoisotopic (exact) mass is 403 g/mol. The first-order valence-corrected chi connectivity index (χ1v) is 9.32. The van der Waals surface area contributed by atoms with Crippen molar-refractivity contribution in [2.75, 3.05) is 11.9 Å². The van der Waals surface area contributed by atoms with Gasteiger partial charge in [0.05, 0.1) is 23.9 Å². The lowest BCUT2D eigenvalue weighted by Gasteiger charge is -2.06. The first-order valence-electron chi connectivity index (χ1n) is 9.32. The summed E-state index contributed by atoms with van der Waals surface area (Å²) < 4.78 is 5.09. The van der Waals surface area contributed by atoms with Crippen molar-refractivity contribution in [3.63, 3.8) is 0 Å². The summed E-state index contributed by atoms with van der Waals surface area (Å²) in [5.74, 6) is -1.20. The maximum atomic E-state index is 12.4. The van der Waals surface area contributed by atoms with Crippen LogP contribution >= 0.6 is 0 Å². The van der Waals surface area contributed by atoms with Crippen molar-refractivity contribution < 1.29 is 14.3 Å². The number of nitrogens with zero attached hydrogens (tertiary/aromatic N) is 4. The number of benzene rings is 2. The number of carbonyl (C=O) groups is 2. The number of esters is 1. The molecule has 8 nitrogen and oxygen atoms in total. The molecule has 1 N–H and O–H groups in total. The molecule has 1 aromatic heterocycles. The molecule has 152 valence electrons. The highest BCUT2D eigenvalue weighted by molar-refractivity contribution is 5.95. The smallest absolute Gasteiger partial charge is 0.361 e. The summed E-state index contributed by atoms with van der Waals surface area (Å²) in [6, 6.07) is 14.8. The van der Waals surface area contributed by atoms with E-state index in [1.165, 1.54) is 4.80 Å². The van der Waals surface area contributed by atoms with Crippen molar-refractivity contribution >= 4 is 17.6 Å². The lowest BCUT2D eigenvalue weighted by atomic mass is 10.1. The fraction of sp³-hybridized carbons (Fsp3) is 0.227. The molecule has 0 fully saturated rings. The zero-order chi connectivity index (χ0) is 21.7. The average molecular weight is 403 g/mol. The van der Waals surface area contributed by atoms with E-state index in [1.807, 2.05) is 32.0 Å².